The summed E-state index contributed by atoms with van der Waals surface area (Å²) in [6, 6.07) is 0. The van der Waals surface area contributed by atoms with Crippen LogP contribution in [-0.2, 0) is 9.53 Å². The molecule has 0 fully saturated rings. The van der Waals surface area contributed by atoms with Crippen LogP contribution in [0.15, 0.2) is 0 Å². The van der Waals surface area contributed by atoms with Gasteiger partial charge in [-0.1, -0.05) is 136 Å². The van der Waals surface area contributed by atoms with Crippen molar-refractivity contribution in [2.75, 3.05) is 39.3 Å². The molecule has 0 spiro atoms. The van der Waals surface area contributed by atoms with E-state index in [9.17, 15) is 9.90 Å². The van der Waals surface area contributed by atoms with Gasteiger partial charge >= 0.3 is 5.97 Å². The predicted molar refractivity (Wildman–Crippen MR) is 174 cm³/mol. The summed E-state index contributed by atoms with van der Waals surface area (Å²) >= 11 is 0. The monoisotopic (exact) mass is 569 g/mol. The van der Waals surface area contributed by atoms with Crippen molar-refractivity contribution in [2.24, 2.45) is 0 Å². The number of ether oxygens (including phenoxy) is 1. The molecule has 0 aliphatic heterocycles. The third-order valence-electron chi connectivity index (χ3n) is 8.32. The van der Waals surface area contributed by atoms with E-state index in [0.29, 0.717) is 6.54 Å². The number of unbranched alkanes of at least 4 members (excludes halogenated alkanes) is 18. The normalized spacial score (nSPS) is 13.3. The molecule has 0 bridgehead atoms. The van der Waals surface area contributed by atoms with Crippen LogP contribution in [0.25, 0.3) is 0 Å². The van der Waals surface area contributed by atoms with Crippen molar-refractivity contribution < 1.29 is 14.6 Å². The number of carbonyl (C=O) groups excluding carboxylic acids is 1. The van der Waals surface area contributed by atoms with Crippen LogP contribution in [0.5, 0.6) is 0 Å². The van der Waals surface area contributed by atoms with Crippen LogP contribution < -0.4 is 0 Å². The van der Waals surface area contributed by atoms with Crippen LogP contribution in [0.3, 0.4) is 0 Å². The van der Waals surface area contributed by atoms with Crippen LogP contribution >= 0.6 is 0 Å². The van der Waals surface area contributed by atoms with Crippen LogP contribution in [0.2, 0.25) is 0 Å². The molecule has 0 aliphatic rings. The zero-order valence-electron chi connectivity index (χ0n) is 27.9. The van der Waals surface area contributed by atoms with Gasteiger partial charge in [-0.25, -0.2) is 0 Å². The van der Waals surface area contributed by atoms with Gasteiger partial charge in [0.2, 0.25) is 0 Å². The average molecular weight is 569 g/mol. The number of hydrogen-bond acceptors (Lipinski definition) is 5. The highest BCUT2D eigenvalue weighted by molar-refractivity contribution is 5.71. The first kappa shape index (κ1) is 39.4. The predicted octanol–water partition coefficient (Wildman–Crippen LogP) is 9.15. The lowest BCUT2D eigenvalue weighted by Gasteiger charge is -2.28. The van der Waals surface area contributed by atoms with Gasteiger partial charge in [0.1, 0.15) is 6.10 Å². The Morgan fingerprint density at radius 3 is 1.23 bits per heavy atom. The Balaban J connectivity index is 4.80. The molecule has 0 radical (unpaired) electrons. The fraction of sp³-hybridized carbons (Fsp3) is 0.971. The maximum atomic E-state index is 12.7. The molecule has 40 heavy (non-hydrogen) atoms. The minimum absolute atomic E-state index is 0.206. The molecule has 1 N–H and O–H groups in total. The number of carbonyl (C=O) groups is 1. The lowest BCUT2D eigenvalue weighted by atomic mass is 10.1. The van der Waals surface area contributed by atoms with E-state index in [4.69, 9.17) is 4.74 Å². The molecule has 2 atom stereocenters. The van der Waals surface area contributed by atoms with Crippen molar-refractivity contribution >= 4 is 5.97 Å². The molecule has 0 saturated carbocycles. The van der Waals surface area contributed by atoms with E-state index in [-0.39, 0.29) is 5.97 Å². The summed E-state index contributed by atoms with van der Waals surface area (Å²) in [6.45, 7) is 15.9. The van der Waals surface area contributed by atoms with Crippen molar-refractivity contribution in [1.29, 1.82) is 0 Å². The SMILES string of the molecule is CCCCCCCCCN(CCCCCCCCC)CCN(CCCCCCCCC)CC(=O)OC(C)C(C)O. The highest BCUT2D eigenvalue weighted by atomic mass is 16.6. The summed E-state index contributed by atoms with van der Waals surface area (Å²) in [5.74, 6) is -0.206. The minimum atomic E-state index is -0.639. The molecule has 0 aromatic heterocycles. The van der Waals surface area contributed by atoms with Gasteiger partial charge in [0, 0.05) is 13.1 Å². The highest BCUT2D eigenvalue weighted by Crippen LogP contribution is 2.12. The number of hydrogen-bond donors (Lipinski definition) is 1. The Morgan fingerprint density at radius 2 is 0.850 bits per heavy atom. The summed E-state index contributed by atoms with van der Waals surface area (Å²) in [4.78, 5) is 17.6. The molecule has 0 amide bonds. The van der Waals surface area contributed by atoms with Crippen LogP contribution in [0.1, 0.15) is 169 Å². The molecule has 0 aromatic rings. The Hall–Kier alpha value is -0.650. The Labute approximate surface area is 251 Å². The van der Waals surface area contributed by atoms with E-state index in [2.05, 4.69) is 30.6 Å². The van der Waals surface area contributed by atoms with Gasteiger partial charge in [-0.05, 0) is 52.7 Å². The van der Waals surface area contributed by atoms with Gasteiger partial charge in [-0.3, -0.25) is 9.69 Å². The fourth-order valence-electron chi connectivity index (χ4n) is 5.29. The first-order valence-electron chi connectivity index (χ1n) is 17.8. The van der Waals surface area contributed by atoms with Crippen LogP contribution in [0.4, 0.5) is 0 Å². The van der Waals surface area contributed by atoms with E-state index < -0.39 is 12.2 Å². The second kappa shape index (κ2) is 29.8. The minimum Gasteiger partial charge on any atom is -0.459 e. The smallest absolute Gasteiger partial charge is 0.320 e. The largest absolute Gasteiger partial charge is 0.459 e. The van der Waals surface area contributed by atoms with Crippen molar-refractivity contribution in [3.05, 3.63) is 0 Å². The summed E-state index contributed by atoms with van der Waals surface area (Å²) in [7, 11) is 0. The van der Waals surface area contributed by atoms with E-state index in [1.165, 1.54) is 142 Å². The van der Waals surface area contributed by atoms with Gasteiger partial charge in [-0.15, -0.1) is 0 Å². The molecule has 0 aliphatic carbocycles. The highest BCUT2D eigenvalue weighted by Gasteiger charge is 2.18. The van der Waals surface area contributed by atoms with E-state index in [0.717, 1.165) is 26.1 Å². The summed E-state index contributed by atoms with van der Waals surface area (Å²) in [5, 5.41) is 9.77. The van der Waals surface area contributed by atoms with Crippen molar-refractivity contribution in [1.82, 2.24) is 9.80 Å². The van der Waals surface area contributed by atoms with Gasteiger partial charge in [0.15, 0.2) is 0 Å². The maximum absolute atomic E-state index is 12.7. The molecule has 5 heteroatoms. The van der Waals surface area contributed by atoms with Gasteiger partial charge in [0.25, 0.3) is 0 Å². The first-order valence-corrected chi connectivity index (χ1v) is 17.8. The van der Waals surface area contributed by atoms with Crippen LogP contribution in [-0.4, -0.2) is 72.4 Å². The number of esters is 1. The molecular weight excluding hydrogens is 496 g/mol. The number of aliphatic hydroxyl groups excluding tert-OH is 1. The lowest BCUT2D eigenvalue weighted by Crippen LogP contribution is -2.40. The zero-order chi connectivity index (χ0) is 29.7. The molecule has 5 nitrogen and oxygen atoms in total. The second-order valence-corrected chi connectivity index (χ2v) is 12.4. The molecule has 0 heterocycles. The van der Waals surface area contributed by atoms with E-state index in [1.54, 1.807) is 13.8 Å². The van der Waals surface area contributed by atoms with Crippen LogP contribution in [0, 0.1) is 0 Å². The lowest BCUT2D eigenvalue weighted by molar-refractivity contribution is -0.154. The summed E-state index contributed by atoms with van der Waals surface area (Å²) < 4.78 is 5.52. The Morgan fingerprint density at radius 1 is 0.525 bits per heavy atom. The number of rotatable bonds is 31. The summed E-state index contributed by atoms with van der Waals surface area (Å²) in [6.07, 6.45) is 26.7. The van der Waals surface area contributed by atoms with Crippen molar-refractivity contribution in [3.8, 4) is 0 Å². The quantitative estimate of drug-likeness (QED) is 0.0667. The third kappa shape index (κ3) is 26.3. The molecule has 0 aromatic carbocycles. The summed E-state index contributed by atoms with van der Waals surface area (Å²) in [5.41, 5.74) is 0. The van der Waals surface area contributed by atoms with Gasteiger partial charge in [0.05, 0.1) is 12.6 Å². The standard InChI is InChI=1S/C35H72N2O3/c1-6-9-12-15-18-21-24-27-36(28-25-22-19-16-13-10-7-2)30-31-37(29-26-23-20-17-14-11-8-3)32-35(39)40-34(5)33(4)38/h33-34,38H,6-32H2,1-5H3. The fourth-order valence-corrected chi connectivity index (χ4v) is 5.29. The Kier molecular flexibility index (Phi) is 29.3. The Bertz CT molecular complexity index is 511. The topological polar surface area (TPSA) is 53.0 Å². The van der Waals surface area contributed by atoms with Gasteiger partial charge in [-0.2, -0.15) is 0 Å². The average Bonchev–Trinajstić information content (AvgIpc) is 2.93. The number of nitrogens with zero attached hydrogens (tertiary/aromatic N) is 2. The first-order chi connectivity index (χ1) is 19.4. The molecule has 240 valence electrons. The molecule has 0 saturated heterocycles. The van der Waals surface area contributed by atoms with Crippen molar-refractivity contribution in [2.45, 2.75) is 182 Å². The van der Waals surface area contributed by atoms with Crippen molar-refractivity contribution in [3.63, 3.8) is 0 Å². The zero-order valence-corrected chi connectivity index (χ0v) is 27.9. The molecule has 0 rings (SSSR count). The third-order valence-corrected chi connectivity index (χ3v) is 8.32. The van der Waals surface area contributed by atoms with E-state index in [1.807, 2.05) is 0 Å². The van der Waals surface area contributed by atoms with E-state index >= 15 is 0 Å². The number of aliphatic hydroxyl groups is 1. The molecular formula is C35H72N2O3. The van der Waals surface area contributed by atoms with Gasteiger partial charge < -0.3 is 14.7 Å². The second-order valence-electron chi connectivity index (χ2n) is 12.4. The maximum Gasteiger partial charge on any atom is 0.320 e. The molecule has 2 unspecified atom stereocenters.